The number of anilines is 1. The number of hydrogen-bond acceptors (Lipinski definition) is 6. The molecule has 2 aromatic carbocycles. The van der Waals surface area contributed by atoms with E-state index in [1.165, 1.54) is 17.5 Å². The first kappa shape index (κ1) is 27.3. The third-order valence-electron chi connectivity index (χ3n) is 6.52. The van der Waals surface area contributed by atoms with E-state index in [2.05, 4.69) is 15.4 Å². The van der Waals surface area contributed by atoms with Crippen LogP contribution < -0.4 is 10.1 Å². The molecule has 0 aliphatic heterocycles. The number of rotatable bonds is 8. The molecule has 1 N–H and O–H groups in total. The molecule has 0 saturated heterocycles. The molecule has 38 heavy (non-hydrogen) atoms. The van der Waals surface area contributed by atoms with E-state index in [1.54, 1.807) is 30.5 Å². The van der Waals surface area contributed by atoms with E-state index in [-0.39, 0.29) is 16.3 Å². The summed E-state index contributed by atoms with van der Waals surface area (Å²) < 4.78 is 35.5. The molecular weight excluding hydrogens is 502 g/mol. The fourth-order valence-electron chi connectivity index (χ4n) is 4.62. The van der Waals surface area contributed by atoms with Gasteiger partial charge >= 0.3 is 0 Å². The number of nitrogens with one attached hydrogen (secondary N) is 1. The van der Waals surface area contributed by atoms with E-state index in [0.717, 1.165) is 22.5 Å². The Morgan fingerprint density at radius 2 is 1.74 bits per heavy atom. The van der Waals surface area contributed by atoms with Crippen LogP contribution in [0.5, 0.6) is 5.75 Å². The van der Waals surface area contributed by atoms with E-state index in [9.17, 15) is 13.2 Å². The number of ether oxygens (including phenoxy) is 1. The zero-order valence-electron chi connectivity index (χ0n) is 22.8. The minimum atomic E-state index is -3.86. The molecule has 0 bridgehead atoms. The number of benzene rings is 2. The highest BCUT2D eigenvalue weighted by Gasteiger charge is 2.29. The summed E-state index contributed by atoms with van der Waals surface area (Å²) >= 11 is 0. The Bertz CT molecular complexity index is 1640. The number of fused-ring (bicyclic) bond motifs is 1. The average Bonchev–Trinajstić information content (AvgIpc) is 3.25. The smallest absolute Gasteiger partial charge is 0.276 e. The SMILES string of the molecule is CCN(CC)S(=O)(=O)c1cc(-c2c(C(=O)Nc3ccc(C)cc3C)nn3c(C)cc(C)nc23)ccc1OC. The predicted octanol–water partition coefficient (Wildman–Crippen LogP) is 4.92. The number of aryl methyl sites for hydroxylation is 4. The molecule has 0 aliphatic rings. The summed E-state index contributed by atoms with van der Waals surface area (Å²) in [5, 5.41) is 7.60. The first-order chi connectivity index (χ1) is 18.0. The van der Waals surface area contributed by atoms with Crippen LogP contribution in [-0.4, -0.2) is 53.4 Å². The van der Waals surface area contributed by atoms with Crippen LogP contribution in [0.1, 0.15) is 46.9 Å². The molecule has 2 aromatic heterocycles. The second-order valence-corrected chi connectivity index (χ2v) is 11.1. The van der Waals surface area contributed by atoms with Crippen LogP contribution in [0.2, 0.25) is 0 Å². The van der Waals surface area contributed by atoms with Crippen molar-refractivity contribution in [3.63, 3.8) is 0 Å². The zero-order chi connectivity index (χ0) is 27.8. The van der Waals surface area contributed by atoms with Crippen LogP contribution in [0.3, 0.4) is 0 Å². The molecule has 2 heterocycles. The van der Waals surface area contributed by atoms with Crippen LogP contribution in [0, 0.1) is 27.7 Å². The van der Waals surface area contributed by atoms with Crippen LogP contribution >= 0.6 is 0 Å². The first-order valence-electron chi connectivity index (χ1n) is 12.5. The number of amides is 1. The fourth-order valence-corrected chi connectivity index (χ4v) is 6.26. The van der Waals surface area contributed by atoms with Crippen molar-refractivity contribution in [2.24, 2.45) is 0 Å². The van der Waals surface area contributed by atoms with Gasteiger partial charge in [0.15, 0.2) is 11.3 Å². The van der Waals surface area contributed by atoms with Gasteiger partial charge in [-0.3, -0.25) is 4.79 Å². The third kappa shape index (κ3) is 4.89. The van der Waals surface area contributed by atoms with E-state index in [1.807, 2.05) is 52.0 Å². The molecule has 4 aromatic rings. The molecule has 200 valence electrons. The summed E-state index contributed by atoms with van der Waals surface area (Å²) in [4.78, 5) is 18.4. The second kappa shape index (κ2) is 10.5. The summed E-state index contributed by atoms with van der Waals surface area (Å²) in [5.74, 6) is -0.197. The van der Waals surface area contributed by atoms with Gasteiger partial charge in [0.1, 0.15) is 10.6 Å². The number of carbonyl (C=O) groups excluding carboxylic acids is 1. The summed E-state index contributed by atoms with van der Waals surface area (Å²) in [6, 6.07) is 12.5. The van der Waals surface area contributed by atoms with Gasteiger partial charge in [-0.2, -0.15) is 9.40 Å². The lowest BCUT2D eigenvalue weighted by Gasteiger charge is -2.20. The van der Waals surface area contributed by atoms with Crippen molar-refractivity contribution in [3.8, 4) is 16.9 Å². The van der Waals surface area contributed by atoms with Gasteiger partial charge in [0, 0.05) is 30.2 Å². The molecule has 9 nitrogen and oxygen atoms in total. The van der Waals surface area contributed by atoms with Gasteiger partial charge in [0.05, 0.1) is 12.7 Å². The molecule has 1 amide bonds. The second-order valence-electron chi connectivity index (χ2n) is 9.23. The summed E-state index contributed by atoms with van der Waals surface area (Å²) in [5.41, 5.74) is 5.77. The van der Waals surface area contributed by atoms with Crippen LogP contribution in [0.25, 0.3) is 16.8 Å². The topological polar surface area (TPSA) is 106 Å². The zero-order valence-corrected chi connectivity index (χ0v) is 23.6. The molecule has 10 heteroatoms. The van der Waals surface area contributed by atoms with E-state index < -0.39 is 15.9 Å². The van der Waals surface area contributed by atoms with Gasteiger partial charge in [-0.05, 0) is 63.1 Å². The van der Waals surface area contributed by atoms with E-state index in [4.69, 9.17) is 4.74 Å². The normalized spacial score (nSPS) is 11.8. The van der Waals surface area contributed by atoms with Crippen molar-refractivity contribution in [2.45, 2.75) is 46.4 Å². The van der Waals surface area contributed by atoms with Crippen molar-refractivity contribution in [3.05, 3.63) is 70.7 Å². The molecule has 0 aliphatic carbocycles. The van der Waals surface area contributed by atoms with Gasteiger partial charge in [0.25, 0.3) is 5.91 Å². The average molecular weight is 536 g/mol. The maximum Gasteiger partial charge on any atom is 0.276 e. The first-order valence-corrected chi connectivity index (χ1v) is 13.9. The number of hydrogen-bond donors (Lipinski definition) is 1. The van der Waals surface area contributed by atoms with Crippen LogP contribution in [0.15, 0.2) is 47.4 Å². The maximum atomic E-state index is 13.7. The summed E-state index contributed by atoms with van der Waals surface area (Å²) in [7, 11) is -2.43. The molecular formula is C28H33N5O4S. The quantitative estimate of drug-likeness (QED) is 0.343. The lowest BCUT2D eigenvalue weighted by molar-refractivity contribution is 0.102. The van der Waals surface area contributed by atoms with Gasteiger partial charge in [0.2, 0.25) is 10.0 Å². The molecule has 0 fully saturated rings. The molecule has 0 spiro atoms. The van der Waals surface area contributed by atoms with Crippen molar-refractivity contribution in [2.75, 3.05) is 25.5 Å². The number of nitrogens with zero attached hydrogens (tertiary/aromatic N) is 4. The van der Waals surface area contributed by atoms with E-state index in [0.29, 0.717) is 35.6 Å². The minimum absolute atomic E-state index is 0.0191. The maximum absolute atomic E-state index is 13.7. The van der Waals surface area contributed by atoms with Gasteiger partial charge in [-0.1, -0.05) is 37.6 Å². The number of carbonyl (C=O) groups is 1. The Morgan fingerprint density at radius 1 is 1.03 bits per heavy atom. The standard InChI is InChI=1S/C28H33N5O4S/c1-8-32(9-2)38(35,36)24-16-21(11-13-23(24)37-7)25-26(31-33-20(6)15-19(5)29-27(25)33)28(34)30-22-12-10-17(3)14-18(22)4/h10-16H,8-9H2,1-7H3,(H,30,34). The van der Waals surface area contributed by atoms with Crippen LogP contribution in [0.4, 0.5) is 5.69 Å². The Morgan fingerprint density at radius 3 is 2.37 bits per heavy atom. The largest absolute Gasteiger partial charge is 0.495 e. The number of aromatic nitrogens is 3. The van der Waals surface area contributed by atoms with Crippen LogP contribution in [-0.2, 0) is 10.0 Å². The van der Waals surface area contributed by atoms with Gasteiger partial charge in [-0.15, -0.1) is 0 Å². The Labute approximate surface area is 223 Å². The Hall–Kier alpha value is -3.76. The number of sulfonamides is 1. The summed E-state index contributed by atoms with van der Waals surface area (Å²) in [6.07, 6.45) is 0. The highest BCUT2D eigenvalue weighted by molar-refractivity contribution is 7.89. The van der Waals surface area contributed by atoms with Crippen molar-refractivity contribution in [1.29, 1.82) is 0 Å². The monoisotopic (exact) mass is 535 g/mol. The number of methoxy groups -OCH3 is 1. The Balaban J connectivity index is 1.96. The molecule has 0 radical (unpaired) electrons. The lowest BCUT2D eigenvalue weighted by atomic mass is 10.0. The predicted molar refractivity (Wildman–Crippen MR) is 148 cm³/mol. The van der Waals surface area contributed by atoms with Crippen molar-refractivity contribution < 1.29 is 17.9 Å². The minimum Gasteiger partial charge on any atom is -0.495 e. The third-order valence-corrected chi connectivity index (χ3v) is 8.59. The van der Waals surface area contributed by atoms with Crippen molar-refractivity contribution in [1.82, 2.24) is 18.9 Å². The molecule has 4 rings (SSSR count). The fraction of sp³-hybridized carbons (Fsp3) is 0.321. The van der Waals surface area contributed by atoms with Crippen molar-refractivity contribution >= 4 is 27.3 Å². The lowest BCUT2D eigenvalue weighted by Crippen LogP contribution is -2.30. The van der Waals surface area contributed by atoms with Gasteiger partial charge in [-0.25, -0.2) is 17.9 Å². The Kier molecular flexibility index (Phi) is 7.57. The van der Waals surface area contributed by atoms with E-state index >= 15 is 0 Å². The summed E-state index contributed by atoms with van der Waals surface area (Å²) in [6.45, 7) is 11.9. The molecule has 0 atom stereocenters. The highest BCUT2D eigenvalue weighted by Crippen LogP contribution is 2.35. The molecule has 0 unspecified atom stereocenters. The highest BCUT2D eigenvalue weighted by atomic mass is 32.2. The molecule has 0 saturated carbocycles. The van der Waals surface area contributed by atoms with Gasteiger partial charge < -0.3 is 10.1 Å².